The molecule has 2 N–H and O–H groups in total. The lowest BCUT2D eigenvalue weighted by molar-refractivity contribution is 0.502. The molecule has 0 aromatic carbocycles. The lowest BCUT2D eigenvalue weighted by Crippen LogP contribution is -2.43. The van der Waals surface area contributed by atoms with Crippen LogP contribution in [0.15, 0.2) is 6.07 Å². The van der Waals surface area contributed by atoms with Crippen molar-refractivity contribution in [3.8, 4) is 6.07 Å². The van der Waals surface area contributed by atoms with Gasteiger partial charge in [-0.25, -0.2) is 4.98 Å². The third kappa shape index (κ3) is 2.43. The van der Waals surface area contributed by atoms with Crippen molar-refractivity contribution in [1.82, 2.24) is 4.98 Å². The number of aryl methyl sites for hydroxylation is 2. The molecule has 1 saturated heterocycles. The van der Waals surface area contributed by atoms with E-state index in [1.54, 1.807) is 0 Å². The number of aromatic nitrogens is 1. The van der Waals surface area contributed by atoms with E-state index in [1.807, 2.05) is 0 Å². The molecule has 1 atom stereocenters. The molecule has 1 aromatic heterocycles. The van der Waals surface area contributed by atoms with E-state index in [0.29, 0.717) is 0 Å². The Balaban J connectivity index is 1.97. The number of anilines is 1. The topological polar surface area (TPSA) is 65.9 Å². The first-order valence-electron chi connectivity index (χ1n) is 7.21. The number of fused-ring (bicyclic) bond motifs is 1. The molecule has 0 spiro atoms. The number of hydrogen-bond acceptors (Lipinski definition) is 4. The molecule has 100 valence electrons. The van der Waals surface area contributed by atoms with Crippen molar-refractivity contribution >= 4 is 5.82 Å². The number of nitrogens with two attached hydrogens (primary N) is 1. The Morgan fingerprint density at radius 1 is 1.32 bits per heavy atom. The lowest BCUT2D eigenvalue weighted by atomic mass is 9.94. The fraction of sp³-hybridized carbons (Fsp3) is 0.600. The minimum absolute atomic E-state index is 0.207. The Morgan fingerprint density at radius 3 is 2.95 bits per heavy atom. The fourth-order valence-electron chi connectivity index (χ4n) is 3.15. The summed E-state index contributed by atoms with van der Waals surface area (Å²) in [5.41, 5.74) is 9.22. The average Bonchev–Trinajstić information content (AvgIpc) is 2.46. The highest BCUT2D eigenvalue weighted by Gasteiger charge is 2.23. The summed E-state index contributed by atoms with van der Waals surface area (Å²) in [6, 6.07) is 4.57. The van der Waals surface area contributed by atoms with Gasteiger partial charge in [-0.2, -0.15) is 5.26 Å². The van der Waals surface area contributed by atoms with Crippen LogP contribution in [0.1, 0.15) is 42.5 Å². The largest absolute Gasteiger partial charge is 0.354 e. The second kappa shape index (κ2) is 5.18. The van der Waals surface area contributed by atoms with Gasteiger partial charge >= 0.3 is 0 Å². The smallest absolute Gasteiger partial charge is 0.146 e. The van der Waals surface area contributed by atoms with Gasteiger partial charge in [0, 0.05) is 24.8 Å². The van der Waals surface area contributed by atoms with E-state index in [9.17, 15) is 5.26 Å². The number of hydrogen-bond donors (Lipinski definition) is 1. The molecule has 1 fully saturated rings. The summed E-state index contributed by atoms with van der Waals surface area (Å²) in [5, 5.41) is 9.37. The van der Waals surface area contributed by atoms with E-state index in [1.165, 1.54) is 24.1 Å². The molecule has 0 saturated carbocycles. The van der Waals surface area contributed by atoms with Crippen molar-refractivity contribution in [2.24, 2.45) is 5.73 Å². The maximum absolute atomic E-state index is 9.37. The highest BCUT2D eigenvalue weighted by molar-refractivity contribution is 5.56. The van der Waals surface area contributed by atoms with E-state index in [4.69, 9.17) is 10.7 Å². The van der Waals surface area contributed by atoms with E-state index in [-0.39, 0.29) is 6.04 Å². The van der Waals surface area contributed by atoms with E-state index < -0.39 is 0 Å². The van der Waals surface area contributed by atoms with Gasteiger partial charge in [-0.3, -0.25) is 0 Å². The summed E-state index contributed by atoms with van der Waals surface area (Å²) in [5.74, 6) is 0.860. The molecule has 4 nitrogen and oxygen atoms in total. The van der Waals surface area contributed by atoms with Crippen molar-refractivity contribution in [2.75, 3.05) is 18.0 Å². The summed E-state index contributed by atoms with van der Waals surface area (Å²) >= 11 is 0. The van der Waals surface area contributed by atoms with Gasteiger partial charge in [0.25, 0.3) is 0 Å². The zero-order chi connectivity index (χ0) is 13.2. The number of nitrogens with zero attached hydrogens (tertiary/aromatic N) is 3. The molecule has 3 rings (SSSR count). The Hall–Kier alpha value is -1.60. The quantitative estimate of drug-likeness (QED) is 0.831. The van der Waals surface area contributed by atoms with Crippen LogP contribution in [0.3, 0.4) is 0 Å². The van der Waals surface area contributed by atoms with E-state index in [0.717, 1.165) is 50.2 Å². The maximum Gasteiger partial charge on any atom is 0.146 e. The molecule has 0 radical (unpaired) electrons. The first-order chi connectivity index (χ1) is 9.28. The SMILES string of the molecule is N#Cc1cc2c(nc1N1CCC[C@@H](N)C1)CCCC2. The lowest BCUT2D eigenvalue weighted by Gasteiger charge is -2.33. The van der Waals surface area contributed by atoms with Crippen LogP contribution in [-0.4, -0.2) is 24.1 Å². The van der Waals surface area contributed by atoms with Crippen molar-refractivity contribution in [1.29, 1.82) is 5.26 Å². The Morgan fingerprint density at radius 2 is 2.16 bits per heavy atom. The van der Waals surface area contributed by atoms with Crippen LogP contribution in [0.4, 0.5) is 5.82 Å². The number of pyridine rings is 1. The second-order valence-electron chi connectivity index (χ2n) is 5.63. The first kappa shape index (κ1) is 12.4. The van der Waals surface area contributed by atoms with E-state index in [2.05, 4.69) is 17.0 Å². The minimum Gasteiger partial charge on any atom is -0.354 e. The molecule has 1 aromatic rings. The van der Waals surface area contributed by atoms with Crippen LogP contribution >= 0.6 is 0 Å². The molecule has 2 aliphatic rings. The van der Waals surface area contributed by atoms with Gasteiger partial charge in [0.15, 0.2) is 0 Å². The molecule has 1 aliphatic carbocycles. The van der Waals surface area contributed by atoms with Crippen LogP contribution in [0, 0.1) is 11.3 Å². The van der Waals surface area contributed by atoms with Gasteiger partial charge in [-0.15, -0.1) is 0 Å². The summed E-state index contributed by atoms with van der Waals surface area (Å²) < 4.78 is 0. The monoisotopic (exact) mass is 256 g/mol. The van der Waals surface area contributed by atoms with Gasteiger partial charge in [-0.05, 0) is 50.2 Å². The molecular formula is C15H20N4. The van der Waals surface area contributed by atoms with E-state index >= 15 is 0 Å². The van der Waals surface area contributed by atoms with Gasteiger partial charge in [0.1, 0.15) is 11.9 Å². The van der Waals surface area contributed by atoms with Crippen molar-refractivity contribution in [2.45, 2.75) is 44.6 Å². The number of piperidine rings is 1. The Labute approximate surface area is 114 Å². The summed E-state index contributed by atoms with van der Waals surface area (Å²) in [6.45, 7) is 1.79. The summed E-state index contributed by atoms with van der Waals surface area (Å²) in [6.07, 6.45) is 6.71. The average molecular weight is 256 g/mol. The predicted octanol–water partition coefficient (Wildman–Crippen LogP) is 1.76. The number of nitriles is 1. The van der Waals surface area contributed by atoms with Gasteiger partial charge in [0.2, 0.25) is 0 Å². The Kier molecular flexibility index (Phi) is 3.39. The first-order valence-corrected chi connectivity index (χ1v) is 7.21. The van der Waals surface area contributed by atoms with Crippen molar-refractivity contribution in [3.63, 3.8) is 0 Å². The third-order valence-corrected chi connectivity index (χ3v) is 4.16. The molecule has 1 aliphatic heterocycles. The second-order valence-corrected chi connectivity index (χ2v) is 5.63. The van der Waals surface area contributed by atoms with Crippen LogP contribution in [0.5, 0.6) is 0 Å². The van der Waals surface area contributed by atoms with Crippen LogP contribution in [-0.2, 0) is 12.8 Å². The highest BCUT2D eigenvalue weighted by atomic mass is 15.2. The Bertz CT molecular complexity index is 518. The molecule has 2 heterocycles. The summed E-state index contributed by atoms with van der Waals surface area (Å²) in [4.78, 5) is 6.99. The van der Waals surface area contributed by atoms with Crippen LogP contribution < -0.4 is 10.6 Å². The minimum atomic E-state index is 0.207. The zero-order valence-electron chi connectivity index (χ0n) is 11.2. The molecule has 0 amide bonds. The summed E-state index contributed by atoms with van der Waals surface area (Å²) in [7, 11) is 0. The fourth-order valence-corrected chi connectivity index (χ4v) is 3.15. The van der Waals surface area contributed by atoms with Crippen molar-refractivity contribution < 1.29 is 0 Å². The van der Waals surface area contributed by atoms with Gasteiger partial charge in [0.05, 0.1) is 5.56 Å². The molecule has 4 heteroatoms. The molecule has 0 unspecified atom stereocenters. The molecule has 19 heavy (non-hydrogen) atoms. The van der Waals surface area contributed by atoms with Crippen molar-refractivity contribution in [3.05, 3.63) is 22.9 Å². The van der Waals surface area contributed by atoms with Crippen LogP contribution in [0.25, 0.3) is 0 Å². The number of rotatable bonds is 1. The molecule has 0 bridgehead atoms. The van der Waals surface area contributed by atoms with Gasteiger partial charge < -0.3 is 10.6 Å². The predicted molar refractivity (Wildman–Crippen MR) is 75.0 cm³/mol. The zero-order valence-corrected chi connectivity index (χ0v) is 11.2. The van der Waals surface area contributed by atoms with Crippen LogP contribution in [0.2, 0.25) is 0 Å². The molecular weight excluding hydrogens is 236 g/mol. The normalized spacial score (nSPS) is 22.7. The standard InChI is InChI=1S/C15H20N4/c16-9-12-8-11-4-1-2-6-14(11)18-15(12)19-7-3-5-13(17)10-19/h8,13H,1-7,10,17H2/t13-/m1/s1. The third-order valence-electron chi connectivity index (χ3n) is 4.16. The maximum atomic E-state index is 9.37. The van der Waals surface area contributed by atoms with Gasteiger partial charge in [-0.1, -0.05) is 0 Å². The highest BCUT2D eigenvalue weighted by Crippen LogP contribution is 2.27.